The number of nitrogens with zero attached hydrogens (tertiary/aromatic N) is 4. The highest BCUT2D eigenvalue weighted by atomic mass is 127. The number of halogens is 1. The van der Waals surface area contributed by atoms with Crippen molar-refractivity contribution in [3.05, 3.63) is 21.7 Å². The molecule has 2 aromatic rings. The Hall–Kier alpha value is -1.51. The predicted molar refractivity (Wildman–Crippen MR) is 90.6 cm³/mol. The fourth-order valence-corrected chi connectivity index (χ4v) is 3.12. The number of methoxy groups -OCH3 is 1. The van der Waals surface area contributed by atoms with Crippen LogP contribution in [0.25, 0.3) is 11.5 Å². The molecular weight excluding hydrogens is 381 g/mol. The van der Waals surface area contributed by atoms with Crippen LogP contribution in [0.1, 0.15) is 26.5 Å². The van der Waals surface area contributed by atoms with E-state index in [1.165, 1.54) is 6.33 Å². The molecule has 0 aliphatic carbocycles. The van der Waals surface area contributed by atoms with E-state index in [9.17, 15) is 0 Å². The second-order valence-electron chi connectivity index (χ2n) is 5.50. The maximum atomic E-state index is 5.13. The SMILES string of the molecule is CNc1nc(-c2cc(OC)ncn2)nc(C(C)(C)C)c1I. The molecule has 2 aromatic heterocycles. The molecule has 21 heavy (non-hydrogen) atoms. The van der Waals surface area contributed by atoms with Crippen molar-refractivity contribution >= 4 is 28.4 Å². The molecule has 0 saturated heterocycles. The molecule has 0 spiro atoms. The number of hydrogen-bond donors (Lipinski definition) is 1. The third kappa shape index (κ3) is 3.39. The van der Waals surface area contributed by atoms with Gasteiger partial charge >= 0.3 is 0 Å². The minimum Gasteiger partial charge on any atom is -0.481 e. The molecule has 0 fully saturated rings. The van der Waals surface area contributed by atoms with Crippen LogP contribution in [0, 0.1) is 3.57 Å². The summed E-state index contributed by atoms with van der Waals surface area (Å²) in [5.41, 5.74) is 1.53. The van der Waals surface area contributed by atoms with Gasteiger partial charge in [0.2, 0.25) is 5.88 Å². The van der Waals surface area contributed by atoms with E-state index in [0.717, 1.165) is 15.1 Å². The Morgan fingerprint density at radius 2 is 1.90 bits per heavy atom. The number of ether oxygens (including phenoxy) is 1. The summed E-state index contributed by atoms with van der Waals surface area (Å²) >= 11 is 2.27. The lowest BCUT2D eigenvalue weighted by molar-refractivity contribution is 0.397. The molecule has 0 aliphatic rings. The zero-order valence-electron chi connectivity index (χ0n) is 12.7. The molecule has 0 amide bonds. The Balaban J connectivity index is 2.63. The zero-order valence-corrected chi connectivity index (χ0v) is 14.9. The van der Waals surface area contributed by atoms with Crippen molar-refractivity contribution in [2.45, 2.75) is 26.2 Å². The number of rotatable bonds is 3. The van der Waals surface area contributed by atoms with Crippen LogP contribution in [0.3, 0.4) is 0 Å². The Morgan fingerprint density at radius 1 is 1.19 bits per heavy atom. The summed E-state index contributed by atoms with van der Waals surface area (Å²) in [5, 5.41) is 3.11. The number of hydrogen-bond acceptors (Lipinski definition) is 6. The van der Waals surface area contributed by atoms with Crippen LogP contribution in [0.2, 0.25) is 0 Å². The molecule has 112 valence electrons. The van der Waals surface area contributed by atoms with Crippen LogP contribution in [0.5, 0.6) is 5.88 Å². The van der Waals surface area contributed by atoms with Crippen molar-refractivity contribution in [2.75, 3.05) is 19.5 Å². The second kappa shape index (κ2) is 6.08. The van der Waals surface area contributed by atoms with Crippen LogP contribution in [0.4, 0.5) is 5.82 Å². The summed E-state index contributed by atoms with van der Waals surface area (Å²) in [6.07, 6.45) is 1.45. The quantitative estimate of drug-likeness (QED) is 0.801. The highest BCUT2D eigenvalue weighted by Crippen LogP contribution is 2.31. The Kier molecular flexibility index (Phi) is 4.60. The van der Waals surface area contributed by atoms with Crippen molar-refractivity contribution in [1.82, 2.24) is 19.9 Å². The first-order chi connectivity index (χ1) is 9.86. The molecule has 0 bridgehead atoms. The molecule has 0 aliphatic heterocycles. The molecular formula is C14H18IN5O. The summed E-state index contributed by atoms with van der Waals surface area (Å²) in [6, 6.07) is 1.73. The maximum absolute atomic E-state index is 5.13. The third-order valence-corrected chi connectivity index (χ3v) is 3.90. The van der Waals surface area contributed by atoms with Crippen molar-refractivity contribution in [3.8, 4) is 17.4 Å². The monoisotopic (exact) mass is 399 g/mol. The van der Waals surface area contributed by atoms with Gasteiger partial charge in [0, 0.05) is 18.5 Å². The lowest BCUT2D eigenvalue weighted by atomic mass is 9.92. The van der Waals surface area contributed by atoms with Crippen LogP contribution in [-0.2, 0) is 5.41 Å². The van der Waals surface area contributed by atoms with E-state index in [1.54, 1.807) is 13.2 Å². The van der Waals surface area contributed by atoms with Crippen molar-refractivity contribution in [1.29, 1.82) is 0 Å². The zero-order chi connectivity index (χ0) is 15.6. The molecule has 0 atom stereocenters. The van der Waals surface area contributed by atoms with Crippen molar-refractivity contribution in [3.63, 3.8) is 0 Å². The first-order valence-corrected chi connectivity index (χ1v) is 7.57. The summed E-state index contributed by atoms with van der Waals surface area (Å²) in [6.45, 7) is 6.38. The lowest BCUT2D eigenvalue weighted by Gasteiger charge is -2.21. The predicted octanol–water partition coefficient (Wildman–Crippen LogP) is 2.89. The summed E-state index contributed by atoms with van der Waals surface area (Å²) in [5.74, 6) is 1.85. The molecule has 2 heterocycles. The molecule has 6 nitrogen and oxygen atoms in total. The average molecular weight is 399 g/mol. The van der Waals surface area contributed by atoms with Gasteiger partial charge < -0.3 is 10.1 Å². The standard InChI is InChI=1S/C14H18IN5O/c1-14(2,3)11-10(15)13(16-4)20-12(19-11)8-6-9(21-5)18-7-17-8/h6-7H,1-5H3,(H,16,19,20). The van der Waals surface area contributed by atoms with Crippen molar-refractivity contribution < 1.29 is 4.74 Å². The first-order valence-electron chi connectivity index (χ1n) is 6.49. The molecule has 0 aromatic carbocycles. The smallest absolute Gasteiger partial charge is 0.216 e. The van der Waals surface area contributed by atoms with E-state index in [0.29, 0.717) is 17.4 Å². The van der Waals surface area contributed by atoms with Crippen LogP contribution in [-0.4, -0.2) is 34.1 Å². The second-order valence-corrected chi connectivity index (χ2v) is 6.58. The van der Waals surface area contributed by atoms with Gasteiger partial charge in [-0.1, -0.05) is 20.8 Å². The largest absolute Gasteiger partial charge is 0.481 e. The lowest BCUT2D eigenvalue weighted by Crippen LogP contribution is -2.18. The maximum Gasteiger partial charge on any atom is 0.216 e. The van der Waals surface area contributed by atoms with Gasteiger partial charge in [0.25, 0.3) is 0 Å². The molecule has 0 saturated carbocycles. The normalized spacial score (nSPS) is 11.3. The van der Waals surface area contributed by atoms with E-state index >= 15 is 0 Å². The Morgan fingerprint density at radius 3 is 2.48 bits per heavy atom. The summed E-state index contributed by atoms with van der Waals surface area (Å²) in [4.78, 5) is 17.5. The van der Waals surface area contributed by atoms with E-state index in [2.05, 4.69) is 63.6 Å². The number of aromatic nitrogens is 4. The minimum absolute atomic E-state index is 0.0864. The topological polar surface area (TPSA) is 72.8 Å². The average Bonchev–Trinajstić information content (AvgIpc) is 2.46. The van der Waals surface area contributed by atoms with E-state index in [-0.39, 0.29) is 5.41 Å². The Labute approximate surface area is 137 Å². The van der Waals surface area contributed by atoms with Gasteiger partial charge in [-0.25, -0.2) is 19.9 Å². The van der Waals surface area contributed by atoms with Gasteiger partial charge in [-0.2, -0.15) is 0 Å². The molecule has 1 N–H and O–H groups in total. The highest BCUT2D eigenvalue weighted by molar-refractivity contribution is 14.1. The third-order valence-electron chi connectivity index (χ3n) is 2.88. The van der Waals surface area contributed by atoms with Gasteiger partial charge in [0.15, 0.2) is 5.82 Å². The molecule has 7 heteroatoms. The van der Waals surface area contributed by atoms with Crippen LogP contribution >= 0.6 is 22.6 Å². The van der Waals surface area contributed by atoms with E-state index < -0.39 is 0 Å². The highest BCUT2D eigenvalue weighted by Gasteiger charge is 2.23. The van der Waals surface area contributed by atoms with Crippen LogP contribution in [0.15, 0.2) is 12.4 Å². The van der Waals surface area contributed by atoms with Gasteiger partial charge in [0.1, 0.15) is 17.8 Å². The summed E-state index contributed by atoms with van der Waals surface area (Å²) < 4.78 is 6.15. The van der Waals surface area contributed by atoms with E-state index in [4.69, 9.17) is 9.72 Å². The van der Waals surface area contributed by atoms with Crippen LogP contribution < -0.4 is 10.1 Å². The minimum atomic E-state index is -0.0864. The molecule has 0 unspecified atom stereocenters. The summed E-state index contributed by atoms with van der Waals surface area (Å²) in [7, 11) is 3.42. The number of anilines is 1. The Bertz CT molecular complexity index is 654. The molecule has 0 radical (unpaired) electrons. The fraction of sp³-hybridized carbons (Fsp3) is 0.429. The van der Waals surface area contributed by atoms with Gasteiger partial charge in [-0.3, -0.25) is 0 Å². The fourth-order valence-electron chi connectivity index (χ4n) is 1.80. The van der Waals surface area contributed by atoms with E-state index in [1.807, 2.05) is 7.05 Å². The molecule has 2 rings (SSSR count). The van der Waals surface area contributed by atoms with Crippen molar-refractivity contribution in [2.24, 2.45) is 0 Å². The van der Waals surface area contributed by atoms with Gasteiger partial charge in [0.05, 0.1) is 16.4 Å². The number of nitrogens with one attached hydrogen (secondary N) is 1. The first kappa shape index (κ1) is 15.9. The van der Waals surface area contributed by atoms with Gasteiger partial charge in [-0.05, 0) is 22.6 Å². The van der Waals surface area contributed by atoms with Gasteiger partial charge in [-0.15, -0.1) is 0 Å².